The standard InChI is InChI=1S/C16H13ClN4O/c17-14-4-2-1-3-12(14)10-22-13-6-7-15-11(9-13)5-8-16-18-19-20-21(15)16/h1-4,6-7,9H,5,8,10H2. The van der Waals surface area contributed by atoms with Gasteiger partial charge in [0, 0.05) is 17.0 Å². The number of benzene rings is 2. The molecular weight excluding hydrogens is 300 g/mol. The third-order valence-electron chi connectivity index (χ3n) is 3.78. The number of aromatic nitrogens is 4. The van der Waals surface area contributed by atoms with Crippen molar-refractivity contribution in [1.82, 2.24) is 20.2 Å². The molecule has 5 nitrogen and oxygen atoms in total. The molecular formula is C16H13ClN4O. The number of hydrogen-bond donors (Lipinski definition) is 0. The molecule has 0 unspecified atom stereocenters. The fourth-order valence-corrected chi connectivity index (χ4v) is 2.82. The average Bonchev–Trinajstić information content (AvgIpc) is 3.03. The number of aryl methyl sites for hydroxylation is 2. The lowest BCUT2D eigenvalue weighted by Crippen LogP contribution is -2.13. The topological polar surface area (TPSA) is 52.8 Å². The highest BCUT2D eigenvalue weighted by molar-refractivity contribution is 6.31. The van der Waals surface area contributed by atoms with Crippen molar-refractivity contribution in [3.05, 3.63) is 64.4 Å². The zero-order valence-corrected chi connectivity index (χ0v) is 12.5. The van der Waals surface area contributed by atoms with E-state index in [1.165, 1.54) is 5.56 Å². The maximum Gasteiger partial charge on any atom is 0.157 e. The number of tetrazole rings is 1. The van der Waals surface area contributed by atoms with Crippen molar-refractivity contribution < 1.29 is 4.74 Å². The van der Waals surface area contributed by atoms with Crippen LogP contribution in [0, 0.1) is 0 Å². The molecule has 0 fully saturated rings. The first-order valence-corrected chi connectivity index (χ1v) is 7.46. The van der Waals surface area contributed by atoms with Crippen LogP contribution in [-0.2, 0) is 19.4 Å². The minimum atomic E-state index is 0.453. The van der Waals surface area contributed by atoms with E-state index in [0.717, 1.165) is 40.7 Å². The van der Waals surface area contributed by atoms with Crippen molar-refractivity contribution >= 4 is 11.6 Å². The third kappa shape index (κ3) is 2.33. The van der Waals surface area contributed by atoms with E-state index in [1.54, 1.807) is 4.68 Å². The van der Waals surface area contributed by atoms with Crippen LogP contribution in [0.5, 0.6) is 5.75 Å². The number of hydrogen-bond acceptors (Lipinski definition) is 4. The van der Waals surface area contributed by atoms with Gasteiger partial charge in [-0.3, -0.25) is 0 Å². The van der Waals surface area contributed by atoms with Crippen LogP contribution in [0.2, 0.25) is 5.02 Å². The molecule has 0 bridgehead atoms. The number of nitrogens with zero attached hydrogens (tertiary/aromatic N) is 4. The van der Waals surface area contributed by atoms with Crippen molar-refractivity contribution in [2.75, 3.05) is 0 Å². The second-order valence-electron chi connectivity index (χ2n) is 5.18. The van der Waals surface area contributed by atoms with E-state index in [1.807, 2.05) is 36.4 Å². The maximum atomic E-state index is 6.14. The molecule has 4 rings (SSSR count). The summed E-state index contributed by atoms with van der Waals surface area (Å²) in [6.07, 6.45) is 1.76. The maximum absolute atomic E-state index is 6.14. The van der Waals surface area contributed by atoms with Gasteiger partial charge in [-0.05, 0) is 46.7 Å². The molecule has 22 heavy (non-hydrogen) atoms. The summed E-state index contributed by atoms with van der Waals surface area (Å²) in [5, 5.41) is 12.5. The zero-order valence-electron chi connectivity index (χ0n) is 11.7. The Hall–Kier alpha value is -2.40. The molecule has 1 aliphatic heterocycles. The first-order chi connectivity index (χ1) is 10.8. The number of fused-ring (bicyclic) bond motifs is 3. The minimum absolute atomic E-state index is 0.453. The minimum Gasteiger partial charge on any atom is -0.489 e. The van der Waals surface area contributed by atoms with E-state index in [2.05, 4.69) is 21.6 Å². The molecule has 1 aliphatic rings. The van der Waals surface area contributed by atoms with E-state index >= 15 is 0 Å². The molecule has 3 aromatic rings. The molecule has 6 heteroatoms. The van der Waals surface area contributed by atoms with Crippen LogP contribution >= 0.6 is 11.6 Å². The van der Waals surface area contributed by atoms with E-state index < -0.39 is 0 Å². The predicted octanol–water partition coefficient (Wildman–Crippen LogP) is 2.99. The predicted molar refractivity (Wildman–Crippen MR) is 82.3 cm³/mol. The van der Waals surface area contributed by atoms with Crippen molar-refractivity contribution in [2.24, 2.45) is 0 Å². The van der Waals surface area contributed by atoms with Gasteiger partial charge >= 0.3 is 0 Å². The van der Waals surface area contributed by atoms with Gasteiger partial charge < -0.3 is 4.74 Å². The molecule has 2 heterocycles. The van der Waals surface area contributed by atoms with Gasteiger partial charge in [0.1, 0.15) is 12.4 Å². The van der Waals surface area contributed by atoms with Crippen LogP contribution in [0.15, 0.2) is 42.5 Å². The molecule has 0 radical (unpaired) electrons. The summed E-state index contributed by atoms with van der Waals surface area (Å²) in [5.41, 5.74) is 3.19. The largest absolute Gasteiger partial charge is 0.489 e. The van der Waals surface area contributed by atoms with Crippen molar-refractivity contribution in [3.8, 4) is 11.4 Å². The molecule has 0 saturated carbocycles. The van der Waals surface area contributed by atoms with Crippen molar-refractivity contribution in [3.63, 3.8) is 0 Å². The molecule has 0 aliphatic carbocycles. The lowest BCUT2D eigenvalue weighted by atomic mass is 10.0. The summed E-state index contributed by atoms with van der Waals surface area (Å²) >= 11 is 6.14. The lowest BCUT2D eigenvalue weighted by Gasteiger charge is -2.17. The highest BCUT2D eigenvalue weighted by Crippen LogP contribution is 2.27. The molecule has 0 amide bonds. The summed E-state index contributed by atoms with van der Waals surface area (Å²) in [6.45, 7) is 0.453. The summed E-state index contributed by atoms with van der Waals surface area (Å²) in [6, 6.07) is 13.7. The second kappa shape index (κ2) is 5.42. The quantitative estimate of drug-likeness (QED) is 0.746. The zero-order chi connectivity index (χ0) is 14.9. The van der Waals surface area contributed by atoms with Crippen molar-refractivity contribution in [1.29, 1.82) is 0 Å². The second-order valence-corrected chi connectivity index (χ2v) is 5.58. The van der Waals surface area contributed by atoms with Gasteiger partial charge in [0.05, 0.1) is 5.69 Å². The van der Waals surface area contributed by atoms with Gasteiger partial charge in [0.2, 0.25) is 0 Å². The Morgan fingerprint density at radius 3 is 2.95 bits per heavy atom. The molecule has 0 N–H and O–H groups in total. The summed E-state index contributed by atoms with van der Waals surface area (Å²) in [4.78, 5) is 0. The smallest absolute Gasteiger partial charge is 0.157 e. The van der Waals surface area contributed by atoms with Gasteiger partial charge in [-0.1, -0.05) is 29.8 Å². The van der Waals surface area contributed by atoms with Gasteiger partial charge in [0.25, 0.3) is 0 Å². The van der Waals surface area contributed by atoms with Gasteiger partial charge in [-0.15, -0.1) is 5.10 Å². The van der Waals surface area contributed by atoms with E-state index in [9.17, 15) is 0 Å². The Morgan fingerprint density at radius 2 is 2.05 bits per heavy atom. The molecule has 2 aromatic carbocycles. The Bertz CT molecular complexity index is 831. The van der Waals surface area contributed by atoms with Crippen LogP contribution in [0.4, 0.5) is 0 Å². The number of halogens is 1. The first kappa shape index (κ1) is 13.3. The van der Waals surface area contributed by atoms with Crippen LogP contribution < -0.4 is 4.74 Å². The summed E-state index contributed by atoms with van der Waals surface area (Å²) < 4.78 is 7.65. The number of ether oxygens (including phenoxy) is 1. The van der Waals surface area contributed by atoms with Crippen LogP contribution in [0.3, 0.4) is 0 Å². The average molecular weight is 313 g/mol. The highest BCUT2D eigenvalue weighted by atomic mass is 35.5. The van der Waals surface area contributed by atoms with Gasteiger partial charge in [-0.2, -0.15) is 4.68 Å². The third-order valence-corrected chi connectivity index (χ3v) is 4.15. The van der Waals surface area contributed by atoms with Crippen LogP contribution in [-0.4, -0.2) is 20.2 Å². The van der Waals surface area contributed by atoms with Crippen molar-refractivity contribution in [2.45, 2.75) is 19.4 Å². The first-order valence-electron chi connectivity index (χ1n) is 7.08. The highest BCUT2D eigenvalue weighted by Gasteiger charge is 2.18. The molecule has 0 spiro atoms. The van der Waals surface area contributed by atoms with E-state index in [0.29, 0.717) is 6.61 Å². The molecule has 110 valence electrons. The Balaban J connectivity index is 1.57. The Labute approximate surface area is 132 Å². The fraction of sp³-hybridized carbons (Fsp3) is 0.188. The fourth-order valence-electron chi connectivity index (χ4n) is 2.63. The molecule has 1 aromatic heterocycles. The van der Waals surface area contributed by atoms with E-state index in [-0.39, 0.29) is 0 Å². The monoisotopic (exact) mass is 312 g/mol. The van der Waals surface area contributed by atoms with Crippen LogP contribution in [0.1, 0.15) is 17.0 Å². The van der Waals surface area contributed by atoms with Gasteiger partial charge in [-0.25, -0.2) is 0 Å². The number of rotatable bonds is 3. The SMILES string of the molecule is Clc1ccccc1COc1ccc2c(c1)CCc1nnnn1-2. The summed E-state index contributed by atoms with van der Waals surface area (Å²) in [7, 11) is 0. The van der Waals surface area contributed by atoms with Gasteiger partial charge in [0.15, 0.2) is 5.82 Å². The molecule has 0 atom stereocenters. The normalized spacial score (nSPS) is 12.6. The molecule has 0 saturated heterocycles. The van der Waals surface area contributed by atoms with Crippen LogP contribution in [0.25, 0.3) is 5.69 Å². The van der Waals surface area contributed by atoms with E-state index in [4.69, 9.17) is 16.3 Å². The summed E-state index contributed by atoms with van der Waals surface area (Å²) in [5.74, 6) is 1.73. The lowest BCUT2D eigenvalue weighted by molar-refractivity contribution is 0.306. The Morgan fingerprint density at radius 1 is 1.14 bits per heavy atom. The Kier molecular flexibility index (Phi) is 3.27.